The van der Waals surface area contributed by atoms with Gasteiger partial charge in [-0.2, -0.15) is 0 Å². The van der Waals surface area contributed by atoms with Crippen molar-refractivity contribution < 1.29 is 4.79 Å². The van der Waals surface area contributed by atoms with Crippen molar-refractivity contribution in [2.24, 2.45) is 0 Å². The molecule has 0 aromatic heterocycles. The van der Waals surface area contributed by atoms with Gasteiger partial charge >= 0.3 is 6.03 Å². The van der Waals surface area contributed by atoms with Crippen LogP contribution in [-0.4, -0.2) is 20.1 Å². The Morgan fingerprint density at radius 1 is 0.818 bits per heavy atom. The molecule has 2 aromatic carbocycles. The molecule has 0 heterocycles. The first-order valence-corrected chi connectivity index (χ1v) is 7.48. The Balaban J connectivity index is 2.33. The molecule has 0 saturated carbocycles. The highest BCUT2D eigenvalue weighted by Crippen LogP contribution is 2.32. The summed E-state index contributed by atoms with van der Waals surface area (Å²) in [5, 5.41) is 0. The van der Waals surface area contributed by atoms with E-state index in [0.717, 1.165) is 16.9 Å². The summed E-state index contributed by atoms with van der Waals surface area (Å²) in [6.45, 7) is 6.47. The number of anilines is 2. The number of carbonyl (C=O) groups excluding carboxylic acids is 1. The molecule has 0 fully saturated rings. The van der Waals surface area contributed by atoms with Crippen molar-refractivity contribution in [1.29, 1.82) is 0 Å². The first-order chi connectivity index (χ1) is 10.3. The van der Waals surface area contributed by atoms with Crippen LogP contribution < -0.4 is 9.80 Å². The average molecular weight is 296 g/mol. The Morgan fingerprint density at radius 2 is 1.36 bits per heavy atom. The third kappa shape index (κ3) is 3.30. The highest BCUT2D eigenvalue weighted by molar-refractivity contribution is 6.03. The van der Waals surface area contributed by atoms with Gasteiger partial charge < -0.3 is 0 Å². The lowest BCUT2D eigenvalue weighted by atomic mass is 9.85. The third-order valence-corrected chi connectivity index (χ3v) is 3.79. The van der Waals surface area contributed by atoms with Crippen LogP contribution in [0.5, 0.6) is 0 Å². The molecule has 0 saturated heterocycles. The summed E-state index contributed by atoms with van der Waals surface area (Å²) >= 11 is 0. The van der Waals surface area contributed by atoms with Crippen LogP contribution in [0.4, 0.5) is 16.2 Å². The molecule has 22 heavy (non-hydrogen) atoms. The zero-order valence-electron chi connectivity index (χ0n) is 14.0. The number of carbonyl (C=O) groups is 1. The lowest BCUT2D eigenvalue weighted by molar-refractivity contribution is 0.253. The molecule has 2 amide bonds. The zero-order valence-corrected chi connectivity index (χ0v) is 14.0. The monoisotopic (exact) mass is 296 g/mol. The molecular formula is C19H24N2O. The predicted molar refractivity (Wildman–Crippen MR) is 93.8 cm³/mol. The van der Waals surface area contributed by atoms with Gasteiger partial charge in [0, 0.05) is 25.5 Å². The Hall–Kier alpha value is -2.29. The second-order valence-electron chi connectivity index (χ2n) is 6.50. The Labute approximate surface area is 133 Å². The van der Waals surface area contributed by atoms with Crippen LogP contribution in [0.1, 0.15) is 26.3 Å². The maximum atomic E-state index is 12.8. The van der Waals surface area contributed by atoms with Gasteiger partial charge in [-0.15, -0.1) is 0 Å². The van der Waals surface area contributed by atoms with Crippen LogP contribution in [0.25, 0.3) is 0 Å². The molecule has 3 nitrogen and oxygen atoms in total. The largest absolute Gasteiger partial charge is 0.328 e. The molecule has 2 aromatic rings. The van der Waals surface area contributed by atoms with Gasteiger partial charge in [-0.1, -0.05) is 57.2 Å². The maximum Gasteiger partial charge on any atom is 0.328 e. The standard InChI is InChI=1S/C19H24N2O/c1-19(2,3)16-13-9-10-14-17(16)21(5)18(22)20(4)15-11-7-6-8-12-15/h6-14H,1-5H3. The quantitative estimate of drug-likeness (QED) is 0.789. The molecular weight excluding hydrogens is 272 g/mol. The van der Waals surface area contributed by atoms with E-state index in [1.165, 1.54) is 0 Å². The molecule has 0 aliphatic heterocycles. The van der Waals surface area contributed by atoms with Gasteiger partial charge in [0.15, 0.2) is 0 Å². The highest BCUT2D eigenvalue weighted by Gasteiger charge is 2.24. The molecule has 0 aliphatic carbocycles. The number of para-hydroxylation sites is 2. The minimum Gasteiger partial charge on any atom is -0.297 e. The van der Waals surface area contributed by atoms with Crippen molar-refractivity contribution in [2.45, 2.75) is 26.2 Å². The van der Waals surface area contributed by atoms with Crippen molar-refractivity contribution in [3.63, 3.8) is 0 Å². The number of amides is 2. The van der Waals surface area contributed by atoms with E-state index in [-0.39, 0.29) is 11.4 Å². The van der Waals surface area contributed by atoms with E-state index < -0.39 is 0 Å². The van der Waals surface area contributed by atoms with Gasteiger partial charge in [-0.3, -0.25) is 9.80 Å². The van der Waals surface area contributed by atoms with Crippen LogP contribution in [0.15, 0.2) is 54.6 Å². The summed E-state index contributed by atoms with van der Waals surface area (Å²) in [4.78, 5) is 16.2. The normalized spacial score (nSPS) is 11.1. The van der Waals surface area contributed by atoms with E-state index in [4.69, 9.17) is 0 Å². The van der Waals surface area contributed by atoms with Crippen molar-refractivity contribution in [2.75, 3.05) is 23.9 Å². The molecule has 116 valence electrons. The fourth-order valence-corrected chi connectivity index (χ4v) is 2.49. The molecule has 0 unspecified atom stereocenters. The van der Waals surface area contributed by atoms with Crippen molar-refractivity contribution in [1.82, 2.24) is 0 Å². The Morgan fingerprint density at radius 3 is 1.95 bits per heavy atom. The third-order valence-electron chi connectivity index (χ3n) is 3.79. The van der Waals surface area contributed by atoms with Gasteiger partial charge in [0.05, 0.1) is 0 Å². The van der Waals surface area contributed by atoms with Crippen LogP contribution >= 0.6 is 0 Å². The van der Waals surface area contributed by atoms with Crippen LogP contribution in [0.2, 0.25) is 0 Å². The van der Waals surface area contributed by atoms with Crippen molar-refractivity contribution in [3.05, 3.63) is 60.2 Å². The molecule has 0 spiro atoms. The van der Waals surface area contributed by atoms with Gasteiger partial charge in [0.25, 0.3) is 0 Å². The van der Waals surface area contributed by atoms with E-state index in [1.54, 1.807) is 16.8 Å². The van der Waals surface area contributed by atoms with Gasteiger partial charge in [0.1, 0.15) is 0 Å². The van der Waals surface area contributed by atoms with Gasteiger partial charge in [-0.05, 0) is 29.2 Å². The van der Waals surface area contributed by atoms with Crippen LogP contribution in [0.3, 0.4) is 0 Å². The molecule has 0 aliphatic rings. The molecule has 0 atom stereocenters. The van der Waals surface area contributed by atoms with Gasteiger partial charge in [0.2, 0.25) is 0 Å². The molecule has 0 bridgehead atoms. The summed E-state index contributed by atoms with van der Waals surface area (Å²) in [6, 6.07) is 17.7. The predicted octanol–water partition coefficient (Wildman–Crippen LogP) is 4.68. The van der Waals surface area contributed by atoms with E-state index >= 15 is 0 Å². The minimum absolute atomic E-state index is 0.0174. The van der Waals surface area contributed by atoms with Crippen LogP contribution in [-0.2, 0) is 5.41 Å². The second-order valence-corrected chi connectivity index (χ2v) is 6.50. The number of hydrogen-bond donors (Lipinski definition) is 0. The molecule has 0 N–H and O–H groups in total. The van der Waals surface area contributed by atoms with E-state index in [0.29, 0.717) is 0 Å². The lowest BCUT2D eigenvalue weighted by Gasteiger charge is -2.30. The summed E-state index contributed by atoms with van der Waals surface area (Å²) in [5.74, 6) is 0. The smallest absolute Gasteiger partial charge is 0.297 e. The molecule has 3 heteroatoms. The van der Waals surface area contributed by atoms with Crippen molar-refractivity contribution >= 4 is 17.4 Å². The maximum absolute atomic E-state index is 12.8. The minimum atomic E-state index is -0.0529. The fraction of sp³-hybridized carbons (Fsp3) is 0.316. The van der Waals surface area contributed by atoms with Crippen molar-refractivity contribution in [3.8, 4) is 0 Å². The number of hydrogen-bond acceptors (Lipinski definition) is 1. The lowest BCUT2D eigenvalue weighted by Crippen LogP contribution is -2.39. The fourth-order valence-electron chi connectivity index (χ4n) is 2.49. The number of rotatable bonds is 2. The number of urea groups is 1. The summed E-state index contributed by atoms with van der Waals surface area (Å²) in [5.41, 5.74) is 2.97. The Kier molecular flexibility index (Phi) is 4.55. The highest BCUT2D eigenvalue weighted by atomic mass is 16.2. The number of nitrogens with zero attached hydrogens (tertiary/aromatic N) is 2. The van der Waals surface area contributed by atoms with Gasteiger partial charge in [-0.25, -0.2) is 4.79 Å². The first-order valence-electron chi connectivity index (χ1n) is 7.48. The van der Waals surface area contributed by atoms with Crippen LogP contribution in [0, 0.1) is 0 Å². The molecule has 2 rings (SSSR count). The number of benzene rings is 2. The average Bonchev–Trinajstić information content (AvgIpc) is 2.52. The van der Waals surface area contributed by atoms with E-state index in [2.05, 4.69) is 26.8 Å². The second kappa shape index (κ2) is 6.22. The molecule has 0 radical (unpaired) electrons. The zero-order chi connectivity index (χ0) is 16.3. The summed E-state index contributed by atoms with van der Waals surface area (Å²) in [7, 11) is 3.63. The van der Waals surface area contributed by atoms with E-state index in [1.807, 2.05) is 55.6 Å². The summed E-state index contributed by atoms with van der Waals surface area (Å²) < 4.78 is 0. The Bertz CT molecular complexity index is 644. The van der Waals surface area contributed by atoms with E-state index in [9.17, 15) is 4.79 Å². The summed E-state index contributed by atoms with van der Waals surface area (Å²) in [6.07, 6.45) is 0. The first kappa shape index (κ1) is 16.1. The SMILES string of the molecule is CN(C(=O)N(C)c1ccccc1C(C)(C)C)c1ccccc1. The topological polar surface area (TPSA) is 23.6 Å².